The topological polar surface area (TPSA) is 12.5 Å². The van der Waals surface area contributed by atoms with Crippen LogP contribution in [-0.2, 0) is 0 Å². The van der Waals surface area contributed by atoms with Gasteiger partial charge in [-0.2, -0.15) is 0 Å². The number of nitrogens with zero attached hydrogens (tertiary/aromatic N) is 1. The van der Waals surface area contributed by atoms with Crippen molar-refractivity contribution in [3.63, 3.8) is 0 Å². The summed E-state index contributed by atoms with van der Waals surface area (Å²) in [4.78, 5) is 2.34. The van der Waals surface area contributed by atoms with Crippen LogP contribution in [0.5, 0.6) is 5.75 Å². The molecule has 75 valence electrons. The predicted octanol–water partition coefficient (Wildman–Crippen LogP) is 1.96. The van der Waals surface area contributed by atoms with Crippen molar-refractivity contribution in [3.05, 3.63) is 30.3 Å². The van der Waals surface area contributed by atoms with Crippen molar-refractivity contribution in [2.24, 2.45) is 0 Å². The molecule has 0 atom stereocenters. The van der Waals surface area contributed by atoms with Crippen LogP contribution in [0.15, 0.2) is 24.3 Å². The molecule has 14 heavy (non-hydrogen) atoms. The van der Waals surface area contributed by atoms with Crippen LogP contribution in [0.4, 0.5) is 0 Å². The average Bonchev–Trinajstić information content (AvgIpc) is 2.23. The van der Waals surface area contributed by atoms with Crippen molar-refractivity contribution in [2.75, 3.05) is 20.1 Å². The van der Waals surface area contributed by atoms with E-state index in [1.807, 2.05) is 24.3 Å². The first-order valence-corrected chi connectivity index (χ1v) is 5.16. The third-order valence-electron chi connectivity index (χ3n) is 2.65. The van der Waals surface area contributed by atoms with Gasteiger partial charge in [0, 0.05) is 13.1 Å². The molecule has 1 aromatic carbocycles. The van der Waals surface area contributed by atoms with Gasteiger partial charge < -0.3 is 9.64 Å². The summed E-state index contributed by atoms with van der Waals surface area (Å²) in [7, 11) is 2.16. The Morgan fingerprint density at radius 3 is 2.86 bits per heavy atom. The van der Waals surface area contributed by atoms with E-state index in [9.17, 15) is 0 Å². The molecule has 0 aromatic heterocycles. The first-order chi connectivity index (χ1) is 6.84. The summed E-state index contributed by atoms with van der Waals surface area (Å²) in [6.45, 7) is 2.28. The second-order valence-corrected chi connectivity index (χ2v) is 3.86. The summed E-state index contributed by atoms with van der Waals surface area (Å²) in [6.07, 6.45) is 2.65. The quantitative estimate of drug-likeness (QED) is 0.707. The maximum absolute atomic E-state index is 5.85. The van der Waals surface area contributed by atoms with Crippen molar-refractivity contribution in [2.45, 2.75) is 18.9 Å². The van der Waals surface area contributed by atoms with E-state index in [-0.39, 0.29) is 0 Å². The van der Waals surface area contributed by atoms with E-state index in [4.69, 9.17) is 4.74 Å². The highest BCUT2D eigenvalue weighted by molar-refractivity contribution is 5.20. The molecule has 0 amide bonds. The van der Waals surface area contributed by atoms with Gasteiger partial charge >= 0.3 is 0 Å². The van der Waals surface area contributed by atoms with Crippen LogP contribution >= 0.6 is 0 Å². The van der Waals surface area contributed by atoms with Crippen LogP contribution in [0.1, 0.15) is 12.8 Å². The lowest BCUT2D eigenvalue weighted by Gasteiger charge is -2.29. The lowest BCUT2D eigenvalue weighted by Crippen LogP contribution is -2.35. The highest BCUT2D eigenvalue weighted by Gasteiger charge is 2.17. The van der Waals surface area contributed by atoms with Gasteiger partial charge in [0.1, 0.15) is 11.9 Å². The molecule has 0 bridgehead atoms. The van der Waals surface area contributed by atoms with Crippen LogP contribution in [0.2, 0.25) is 0 Å². The van der Waals surface area contributed by atoms with Gasteiger partial charge in [-0.25, -0.2) is 0 Å². The van der Waals surface area contributed by atoms with Crippen molar-refractivity contribution < 1.29 is 4.74 Å². The summed E-state index contributed by atoms with van der Waals surface area (Å²) in [6, 6.07) is 10.8. The summed E-state index contributed by atoms with van der Waals surface area (Å²) < 4.78 is 5.85. The molecule has 2 heteroatoms. The van der Waals surface area contributed by atoms with Crippen LogP contribution in [-0.4, -0.2) is 31.1 Å². The van der Waals surface area contributed by atoms with Crippen LogP contribution in [0.25, 0.3) is 0 Å². The summed E-state index contributed by atoms with van der Waals surface area (Å²) in [5, 5.41) is 0. The molecule has 0 unspecified atom stereocenters. The fourth-order valence-electron chi connectivity index (χ4n) is 1.75. The van der Waals surface area contributed by atoms with Crippen molar-refractivity contribution in [1.82, 2.24) is 4.90 Å². The zero-order chi connectivity index (χ0) is 9.80. The second kappa shape index (κ2) is 4.47. The third kappa shape index (κ3) is 2.48. The van der Waals surface area contributed by atoms with E-state index in [0.29, 0.717) is 6.10 Å². The Balaban J connectivity index is 1.87. The molecule has 1 heterocycles. The first-order valence-electron chi connectivity index (χ1n) is 5.16. The fraction of sp³-hybridized carbons (Fsp3) is 0.500. The molecule has 1 aromatic rings. The Kier molecular flexibility index (Phi) is 3.04. The third-order valence-corrected chi connectivity index (χ3v) is 2.65. The minimum atomic E-state index is 0.391. The van der Waals surface area contributed by atoms with Gasteiger partial charge in [-0.3, -0.25) is 0 Å². The largest absolute Gasteiger partial charge is 0.490 e. The number of ether oxygens (including phenoxy) is 1. The molecule has 0 spiro atoms. The molecule has 2 rings (SSSR count). The second-order valence-electron chi connectivity index (χ2n) is 3.86. The monoisotopic (exact) mass is 190 g/mol. The Bertz CT molecular complexity index is 265. The van der Waals surface area contributed by atoms with Gasteiger partial charge in [0.05, 0.1) is 0 Å². The van der Waals surface area contributed by atoms with E-state index >= 15 is 0 Å². The molecule has 0 aliphatic carbocycles. The Hall–Kier alpha value is -1.02. The molecular formula is C12H16NO. The number of piperidine rings is 1. The lowest BCUT2D eigenvalue weighted by molar-refractivity contribution is 0.114. The van der Waals surface area contributed by atoms with Gasteiger partial charge in [0.15, 0.2) is 0 Å². The van der Waals surface area contributed by atoms with E-state index in [2.05, 4.69) is 18.0 Å². The fourth-order valence-corrected chi connectivity index (χ4v) is 1.75. The van der Waals surface area contributed by atoms with Crippen molar-refractivity contribution in [3.8, 4) is 5.75 Å². The summed E-state index contributed by atoms with van der Waals surface area (Å²) in [5.41, 5.74) is 0. The minimum absolute atomic E-state index is 0.391. The Morgan fingerprint density at radius 1 is 1.43 bits per heavy atom. The van der Waals surface area contributed by atoms with Gasteiger partial charge in [0.2, 0.25) is 0 Å². The highest BCUT2D eigenvalue weighted by Crippen LogP contribution is 2.17. The van der Waals surface area contributed by atoms with Crippen LogP contribution < -0.4 is 4.74 Å². The predicted molar refractivity (Wildman–Crippen MR) is 56.4 cm³/mol. The number of hydrogen-bond acceptors (Lipinski definition) is 2. The zero-order valence-electron chi connectivity index (χ0n) is 8.57. The molecule has 1 radical (unpaired) electrons. The van der Waals surface area contributed by atoms with E-state index in [1.165, 1.54) is 0 Å². The molecule has 1 fully saturated rings. The maximum Gasteiger partial charge on any atom is 0.120 e. The normalized spacial score (nSPS) is 19.5. The van der Waals surface area contributed by atoms with Crippen molar-refractivity contribution >= 4 is 0 Å². The number of benzene rings is 1. The zero-order valence-corrected chi connectivity index (χ0v) is 8.57. The maximum atomic E-state index is 5.85. The summed E-state index contributed by atoms with van der Waals surface area (Å²) in [5.74, 6) is 0.946. The highest BCUT2D eigenvalue weighted by atomic mass is 16.5. The molecule has 1 saturated heterocycles. The van der Waals surface area contributed by atoms with E-state index in [0.717, 1.165) is 31.7 Å². The lowest BCUT2D eigenvalue weighted by atomic mass is 10.1. The summed E-state index contributed by atoms with van der Waals surface area (Å²) >= 11 is 0. The van der Waals surface area contributed by atoms with E-state index < -0.39 is 0 Å². The average molecular weight is 190 g/mol. The van der Waals surface area contributed by atoms with Gasteiger partial charge in [-0.05, 0) is 38.1 Å². The van der Waals surface area contributed by atoms with E-state index in [1.54, 1.807) is 0 Å². The molecular weight excluding hydrogens is 174 g/mol. The molecule has 0 saturated carbocycles. The first kappa shape index (κ1) is 9.53. The minimum Gasteiger partial charge on any atom is -0.490 e. The number of rotatable bonds is 2. The SMILES string of the molecule is CN1CCC(Oc2c[c]ccc2)CC1. The molecule has 1 aliphatic heterocycles. The van der Waals surface area contributed by atoms with Crippen molar-refractivity contribution in [1.29, 1.82) is 0 Å². The Labute approximate surface area is 85.5 Å². The molecule has 1 aliphatic rings. The van der Waals surface area contributed by atoms with Crippen LogP contribution in [0.3, 0.4) is 0 Å². The molecule has 2 nitrogen and oxygen atoms in total. The molecule has 0 N–H and O–H groups in total. The standard InChI is InChI=1S/C12H16NO/c1-13-9-7-12(8-10-13)14-11-5-3-2-4-6-11/h2-3,5-6,12H,7-10H2,1H3. The van der Waals surface area contributed by atoms with Gasteiger partial charge in [0.25, 0.3) is 0 Å². The van der Waals surface area contributed by atoms with Gasteiger partial charge in [-0.1, -0.05) is 12.1 Å². The van der Waals surface area contributed by atoms with Gasteiger partial charge in [-0.15, -0.1) is 0 Å². The Morgan fingerprint density at radius 2 is 2.21 bits per heavy atom. The van der Waals surface area contributed by atoms with Crippen LogP contribution in [0, 0.1) is 6.07 Å². The smallest absolute Gasteiger partial charge is 0.120 e. The number of hydrogen-bond donors (Lipinski definition) is 0. The number of likely N-dealkylation sites (tertiary alicyclic amines) is 1.